The van der Waals surface area contributed by atoms with Gasteiger partial charge < -0.3 is 14.0 Å². The highest BCUT2D eigenvalue weighted by atomic mass is 32.1. The number of aromatic nitrogens is 1. The summed E-state index contributed by atoms with van der Waals surface area (Å²) in [4.78, 5) is 1.30. The molecule has 0 spiro atoms. The molecule has 22 heavy (non-hydrogen) atoms. The standard InChI is InChI=1S/C17H25NO3S/c1-12-9-15(18-21-12)20-17(5,6)8-7-14-10-13(11-22-14)19-16(2,3)4/h9-11H,7-8H2,1-6H3. The lowest BCUT2D eigenvalue weighted by atomic mass is 10.0. The number of ether oxygens (including phenoxy) is 2. The minimum atomic E-state index is -0.293. The van der Waals surface area contributed by atoms with E-state index in [1.165, 1.54) is 4.88 Å². The third-order valence-electron chi connectivity index (χ3n) is 3.01. The van der Waals surface area contributed by atoms with Crippen LogP contribution < -0.4 is 9.47 Å². The average molecular weight is 323 g/mol. The van der Waals surface area contributed by atoms with Crippen LogP contribution in [0.15, 0.2) is 22.0 Å². The van der Waals surface area contributed by atoms with Crippen molar-refractivity contribution in [1.29, 1.82) is 0 Å². The minimum absolute atomic E-state index is 0.161. The maximum Gasteiger partial charge on any atom is 0.254 e. The van der Waals surface area contributed by atoms with E-state index < -0.39 is 0 Å². The molecule has 0 amide bonds. The molecular formula is C17H25NO3S. The second-order valence-electron chi connectivity index (χ2n) is 7.10. The summed E-state index contributed by atoms with van der Waals surface area (Å²) < 4.78 is 16.8. The highest BCUT2D eigenvalue weighted by molar-refractivity contribution is 7.10. The van der Waals surface area contributed by atoms with Crippen molar-refractivity contribution in [1.82, 2.24) is 5.16 Å². The zero-order chi connectivity index (χ0) is 16.4. The van der Waals surface area contributed by atoms with Gasteiger partial charge in [0.05, 0.1) is 0 Å². The number of rotatable bonds is 6. The molecule has 0 aliphatic heterocycles. The number of aryl methyl sites for hydroxylation is 2. The van der Waals surface area contributed by atoms with Crippen molar-refractivity contribution in [2.24, 2.45) is 0 Å². The van der Waals surface area contributed by atoms with Gasteiger partial charge in [-0.25, -0.2) is 0 Å². The Bertz CT molecular complexity index is 607. The topological polar surface area (TPSA) is 44.5 Å². The van der Waals surface area contributed by atoms with Gasteiger partial charge in [-0.1, -0.05) is 0 Å². The van der Waals surface area contributed by atoms with Gasteiger partial charge in [0.25, 0.3) is 5.88 Å². The second kappa shape index (κ2) is 6.32. The molecule has 0 unspecified atom stereocenters. The van der Waals surface area contributed by atoms with Crippen LogP contribution in [0.2, 0.25) is 0 Å². The van der Waals surface area contributed by atoms with Crippen LogP contribution in [0.4, 0.5) is 0 Å². The smallest absolute Gasteiger partial charge is 0.254 e. The normalized spacial score (nSPS) is 12.5. The van der Waals surface area contributed by atoms with Crippen molar-refractivity contribution in [2.75, 3.05) is 0 Å². The van der Waals surface area contributed by atoms with Crippen molar-refractivity contribution in [3.63, 3.8) is 0 Å². The van der Waals surface area contributed by atoms with Crippen LogP contribution in [0, 0.1) is 6.92 Å². The Hall–Kier alpha value is -1.49. The lowest BCUT2D eigenvalue weighted by Crippen LogP contribution is -2.28. The molecule has 0 aliphatic carbocycles. The molecule has 2 aromatic rings. The molecule has 0 aliphatic rings. The van der Waals surface area contributed by atoms with Crippen molar-refractivity contribution < 1.29 is 14.0 Å². The van der Waals surface area contributed by atoms with Gasteiger partial charge in [-0.3, -0.25) is 0 Å². The molecule has 0 saturated heterocycles. The second-order valence-corrected chi connectivity index (χ2v) is 8.10. The van der Waals surface area contributed by atoms with Crippen molar-refractivity contribution in [2.45, 2.75) is 65.6 Å². The van der Waals surface area contributed by atoms with E-state index in [0.717, 1.165) is 24.4 Å². The van der Waals surface area contributed by atoms with Crippen molar-refractivity contribution in [3.8, 4) is 11.6 Å². The summed E-state index contributed by atoms with van der Waals surface area (Å²) in [5, 5.41) is 5.95. The van der Waals surface area contributed by atoms with Gasteiger partial charge in [-0.15, -0.1) is 11.3 Å². The SMILES string of the molecule is Cc1cc(OC(C)(C)CCc2cc(OC(C)(C)C)cs2)no1. The fourth-order valence-electron chi connectivity index (χ4n) is 2.05. The minimum Gasteiger partial charge on any atom is -0.487 e. The molecule has 2 heterocycles. The lowest BCUT2D eigenvalue weighted by molar-refractivity contribution is 0.0887. The van der Waals surface area contributed by atoms with Crippen LogP contribution in [-0.4, -0.2) is 16.4 Å². The summed E-state index contributed by atoms with van der Waals surface area (Å²) in [6, 6.07) is 3.93. The first-order chi connectivity index (χ1) is 10.1. The first kappa shape index (κ1) is 16.9. The molecule has 4 nitrogen and oxygen atoms in total. The molecule has 0 saturated carbocycles. The van der Waals surface area contributed by atoms with E-state index >= 15 is 0 Å². The van der Waals surface area contributed by atoms with E-state index in [0.29, 0.717) is 5.88 Å². The molecule has 0 N–H and O–H groups in total. The van der Waals surface area contributed by atoms with Crippen LogP contribution >= 0.6 is 11.3 Å². The van der Waals surface area contributed by atoms with Crippen molar-refractivity contribution in [3.05, 3.63) is 28.2 Å². The molecule has 0 aromatic carbocycles. The van der Waals surface area contributed by atoms with E-state index in [1.807, 2.05) is 13.0 Å². The van der Waals surface area contributed by atoms with E-state index in [9.17, 15) is 0 Å². The molecule has 122 valence electrons. The fourth-order valence-corrected chi connectivity index (χ4v) is 2.84. The number of hydrogen-bond acceptors (Lipinski definition) is 5. The van der Waals surface area contributed by atoms with E-state index in [2.05, 4.69) is 51.2 Å². The van der Waals surface area contributed by atoms with Crippen LogP contribution in [-0.2, 0) is 6.42 Å². The van der Waals surface area contributed by atoms with Crippen LogP contribution in [0.25, 0.3) is 0 Å². The Morgan fingerprint density at radius 3 is 2.45 bits per heavy atom. The van der Waals surface area contributed by atoms with Crippen LogP contribution in [0.1, 0.15) is 51.7 Å². The van der Waals surface area contributed by atoms with Gasteiger partial charge in [0.1, 0.15) is 22.7 Å². The number of nitrogens with zero attached hydrogens (tertiary/aromatic N) is 1. The molecule has 0 radical (unpaired) electrons. The molecule has 0 bridgehead atoms. The van der Waals surface area contributed by atoms with Gasteiger partial charge in [0, 0.05) is 16.3 Å². The molecule has 0 fully saturated rings. The number of hydrogen-bond donors (Lipinski definition) is 0. The molecule has 5 heteroatoms. The first-order valence-corrected chi connectivity index (χ1v) is 8.40. The summed E-state index contributed by atoms with van der Waals surface area (Å²) in [6.07, 6.45) is 1.84. The van der Waals surface area contributed by atoms with Gasteiger partial charge in [-0.2, -0.15) is 0 Å². The highest BCUT2D eigenvalue weighted by Gasteiger charge is 2.22. The van der Waals surface area contributed by atoms with E-state index in [4.69, 9.17) is 14.0 Å². The van der Waals surface area contributed by atoms with Crippen molar-refractivity contribution >= 4 is 11.3 Å². The van der Waals surface area contributed by atoms with E-state index in [-0.39, 0.29) is 11.2 Å². The van der Waals surface area contributed by atoms with Gasteiger partial charge >= 0.3 is 0 Å². The average Bonchev–Trinajstić information content (AvgIpc) is 2.94. The lowest BCUT2D eigenvalue weighted by Gasteiger charge is -2.24. The van der Waals surface area contributed by atoms with Gasteiger partial charge in [0.2, 0.25) is 0 Å². The van der Waals surface area contributed by atoms with Crippen LogP contribution in [0.5, 0.6) is 11.6 Å². The summed E-state index contributed by atoms with van der Waals surface area (Å²) in [5.74, 6) is 2.25. The maximum atomic E-state index is 5.90. The zero-order valence-corrected chi connectivity index (χ0v) is 15.0. The largest absolute Gasteiger partial charge is 0.487 e. The predicted molar refractivity (Wildman–Crippen MR) is 89.0 cm³/mol. The maximum absolute atomic E-state index is 5.90. The quantitative estimate of drug-likeness (QED) is 0.749. The Morgan fingerprint density at radius 2 is 1.86 bits per heavy atom. The first-order valence-electron chi connectivity index (χ1n) is 7.52. The Labute approximate surface area is 136 Å². The summed E-state index contributed by atoms with van der Waals surface area (Å²) in [6.45, 7) is 12.2. The Balaban J connectivity index is 1.88. The summed E-state index contributed by atoms with van der Waals surface area (Å²) in [5.41, 5.74) is -0.454. The Kier molecular flexibility index (Phi) is 4.85. The molecule has 0 atom stereocenters. The van der Waals surface area contributed by atoms with E-state index in [1.54, 1.807) is 11.3 Å². The van der Waals surface area contributed by atoms with Crippen LogP contribution in [0.3, 0.4) is 0 Å². The molecule has 2 aromatic heterocycles. The Morgan fingerprint density at radius 1 is 1.14 bits per heavy atom. The predicted octanol–water partition coefficient (Wildman–Crippen LogP) is 5.01. The fraction of sp³-hybridized carbons (Fsp3) is 0.588. The summed E-state index contributed by atoms with van der Waals surface area (Å²) >= 11 is 1.73. The van der Waals surface area contributed by atoms with Gasteiger partial charge in [-0.05, 0) is 65.6 Å². The zero-order valence-electron chi connectivity index (χ0n) is 14.2. The number of thiophene rings is 1. The third kappa shape index (κ3) is 5.37. The summed E-state index contributed by atoms with van der Waals surface area (Å²) in [7, 11) is 0. The monoisotopic (exact) mass is 323 g/mol. The third-order valence-corrected chi connectivity index (χ3v) is 3.99. The molecular weight excluding hydrogens is 298 g/mol. The van der Waals surface area contributed by atoms with Gasteiger partial charge in [0.15, 0.2) is 0 Å². The highest BCUT2D eigenvalue weighted by Crippen LogP contribution is 2.28. The molecule has 2 rings (SSSR count).